The quantitative estimate of drug-likeness (QED) is 0.936. The zero-order valence-electron chi connectivity index (χ0n) is 9.06. The minimum Gasteiger partial charge on any atom is -0.207 e. The molecule has 0 unspecified atom stereocenters. The molecular weight excluding hydrogens is 313 g/mol. The van der Waals surface area contributed by atoms with Gasteiger partial charge in [-0.3, -0.25) is 0 Å². The minimum absolute atomic E-state index is 0.00628. The Hall–Kier alpha value is -0.590. The Bertz CT molecular complexity index is 639. The molecule has 2 aromatic rings. The molecule has 18 heavy (non-hydrogen) atoms. The smallest absolute Gasteiger partial charge is 0.207 e. The summed E-state index contributed by atoms with van der Waals surface area (Å²) in [6.07, 6.45) is 0. The fraction of sp³-hybridized carbons (Fsp3) is 0.0909. The number of thiophene rings is 1. The molecule has 0 aliphatic rings. The van der Waals surface area contributed by atoms with E-state index in [1.807, 2.05) is 17.5 Å². The van der Waals surface area contributed by atoms with Gasteiger partial charge in [0.15, 0.2) is 0 Å². The first kappa shape index (κ1) is 13.8. The van der Waals surface area contributed by atoms with E-state index < -0.39 is 10.0 Å². The first-order valence-electron chi connectivity index (χ1n) is 4.96. The molecule has 0 radical (unpaired) electrons. The standard InChI is InChI=1S/C11H9Cl2NO2S2/c12-8-3-4-10(13)11(6-8)18(15,16)14-7-9-2-1-5-17-9/h1-6,14H,7H2. The average Bonchev–Trinajstić information content (AvgIpc) is 2.83. The van der Waals surface area contributed by atoms with Crippen molar-refractivity contribution < 1.29 is 8.42 Å². The third-order valence-corrected chi connectivity index (χ3v) is 5.19. The average molecular weight is 322 g/mol. The number of halogens is 2. The van der Waals surface area contributed by atoms with Crippen LogP contribution in [-0.4, -0.2) is 8.42 Å². The number of hydrogen-bond acceptors (Lipinski definition) is 3. The van der Waals surface area contributed by atoms with Crippen LogP contribution in [0.25, 0.3) is 0 Å². The Labute approximate surface area is 119 Å². The van der Waals surface area contributed by atoms with Gasteiger partial charge in [0.25, 0.3) is 0 Å². The maximum absolute atomic E-state index is 12.1. The van der Waals surface area contributed by atoms with E-state index >= 15 is 0 Å². The SMILES string of the molecule is O=S(=O)(NCc1cccs1)c1cc(Cl)ccc1Cl. The summed E-state index contributed by atoms with van der Waals surface area (Å²) in [7, 11) is -3.65. The van der Waals surface area contributed by atoms with Crippen molar-refractivity contribution in [3.05, 3.63) is 50.6 Å². The van der Waals surface area contributed by atoms with Crippen molar-refractivity contribution in [2.75, 3.05) is 0 Å². The van der Waals surface area contributed by atoms with Crippen molar-refractivity contribution in [3.8, 4) is 0 Å². The summed E-state index contributed by atoms with van der Waals surface area (Å²) < 4.78 is 26.6. The lowest BCUT2D eigenvalue weighted by molar-refractivity contribution is 0.582. The summed E-state index contributed by atoms with van der Waals surface area (Å²) in [6.45, 7) is 0.239. The lowest BCUT2D eigenvalue weighted by Crippen LogP contribution is -2.23. The second kappa shape index (κ2) is 5.59. The van der Waals surface area contributed by atoms with E-state index in [1.54, 1.807) is 6.07 Å². The molecule has 96 valence electrons. The number of rotatable bonds is 4. The summed E-state index contributed by atoms with van der Waals surface area (Å²) in [5.74, 6) is 0. The second-order valence-electron chi connectivity index (χ2n) is 3.48. The van der Waals surface area contributed by atoms with Gasteiger partial charge in [0.1, 0.15) is 4.90 Å². The molecular formula is C11H9Cl2NO2S2. The molecule has 1 aromatic carbocycles. The Morgan fingerprint density at radius 1 is 1.22 bits per heavy atom. The maximum atomic E-state index is 12.1. The van der Waals surface area contributed by atoms with Crippen LogP contribution in [0.4, 0.5) is 0 Å². The van der Waals surface area contributed by atoms with Gasteiger partial charge in [-0.15, -0.1) is 11.3 Å². The Morgan fingerprint density at radius 2 is 2.00 bits per heavy atom. The highest BCUT2D eigenvalue weighted by Gasteiger charge is 2.18. The predicted molar refractivity (Wildman–Crippen MR) is 74.8 cm³/mol. The molecule has 3 nitrogen and oxygen atoms in total. The largest absolute Gasteiger partial charge is 0.242 e. The number of sulfonamides is 1. The van der Waals surface area contributed by atoms with E-state index in [9.17, 15) is 8.42 Å². The molecule has 0 fully saturated rings. The third-order valence-electron chi connectivity index (χ3n) is 2.20. The molecule has 0 atom stereocenters. The molecule has 0 spiro atoms. The van der Waals surface area contributed by atoms with Gasteiger partial charge in [-0.05, 0) is 29.6 Å². The van der Waals surface area contributed by atoms with Gasteiger partial charge in [-0.1, -0.05) is 29.3 Å². The zero-order valence-corrected chi connectivity index (χ0v) is 12.2. The van der Waals surface area contributed by atoms with Crippen LogP contribution in [0.1, 0.15) is 4.88 Å². The van der Waals surface area contributed by atoms with Gasteiger partial charge >= 0.3 is 0 Å². The lowest BCUT2D eigenvalue weighted by Gasteiger charge is -2.07. The molecule has 1 heterocycles. The summed E-state index contributed by atoms with van der Waals surface area (Å²) in [5.41, 5.74) is 0. The second-order valence-corrected chi connectivity index (χ2v) is 7.09. The Balaban J connectivity index is 2.22. The van der Waals surface area contributed by atoms with E-state index in [-0.39, 0.29) is 16.5 Å². The Kier molecular flexibility index (Phi) is 4.29. The molecule has 0 saturated carbocycles. The highest BCUT2D eigenvalue weighted by molar-refractivity contribution is 7.89. The molecule has 1 N–H and O–H groups in total. The molecule has 7 heteroatoms. The number of nitrogens with one attached hydrogen (secondary N) is 1. The summed E-state index contributed by atoms with van der Waals surface area (Å²) in [5, 5.41) is 2.37. The topological polar surface area (TPSA) is 46.2 Å². The normalized spacial score (nSPS) is 11.7. The molecule has 0 saturated heterocycles. The van der Waals surface area contributed by atoms with Gasteiger partial charge in [0, 0.05) is 16.4 Å². The molecule has 0 amide bonds. The third kappa shape index (κ3) is 3.24. The van der Waals surface area contributed by atoms with E-state index in [4.69, 9.17) is 23.2 Å². The first-order valence-corrected chi connectivity index (χ1v) is 8.08. The molecule has 0 aliphatic heterocycles. The van der Waals surface area contributed by atoms with Crippen molar-refractivity contribution >= 4 is 44.6 Å². The molecule has 0 aliphatic carbocycles. The summed E-state index contributed by atoms with van der Waals surface area (Å²) in [6, 6.07) is 8.06. The Morgan fingerprint density at radius 3 is 2.67 bits per heavy atom. The van der Waals surface area contributed by atoms with Crippen LogP contribution in [0.15, 0.2) is 40.6 Å². The van der Waals surface area contributed by atoms with Crippen LogP contribution >= 0.6 is 34.5 Å². The molecule has 1 aromatic heterocycles. The first-order chi connectivity index (χ1) is 8.49. The monoisotopic (exact) mass is 321 g/mol. The van der Waals surface area contributed by atoms with E-state index in [1.165, 1.54) is 23.5 Å². The number of hydrogen-bond donors (Lipinski definition) is 1. The van der Waals surface area contributed by atoms with Gasteiger partial charge in [0.05, 0.1) is 5.02 Å². The van der Waals surface area contributed by atoms with Crippen molar-refractivity contribution in [1.29, 1.82) is 0 Å². The molecule has 0 bridgehead atoms. The maximum Gasteiger partial charge on any atom is 0.242 e. The summed E-state index contributed by atoms with van der Waals surface area (Å²) in [4.78, 5) is 0.921. The van der Waals surface area contributed by atoms with Crippen molar-refractivity contribution in [1.82, 2.24) is 4.72 Å². The van der Waals surface area contributed by atoms with Crippen LogP contribution in [0.2, 0.25) is 10.0 Å². The van der Waals surface area contributed by atoms with E-state index in [0.717, 1.165) is 4.88 Å². The van der Waals surface area contributed by atoms with E-state index in [2.05, 4.69) is 4.72 Å². The summed E-state index contributed by atoms with van der Waals surface area (Å²) >= 11 is 13.1. The van der Waals surface area contributed by atoms with E-state index in [0.29, 0.717) is 5.02 Å². The highest BCUT2D eigenvalue weighted by atomic mass is 35.5. The minimum atomic E-state index is -3.65. The van der Waals surface area contributed by atoms with Crippen LogP contribution in [0.5, 0.6) is 0 Å². The van der Waals surface area contributed by atoms with Gasteiger partial charge in [-0.25, -0.2) is 13.1 Å². The van der Waals surface area contributed by atoms with Gasteiger partial charge < -0.3 is 0 Å². The van der Waals surface area contributed by atoms with Crippen LogP contribution < -0.4 is 4.72 Å². The molecule has 2 rings (SSSR count). The van der Waals surface area contributed by atoms with Gasteiger partial charge in [0.2, 0.25) is 10.0 Å². The fourth-order valence-corrected chi connectivity index (χ4v) is 3.84. The van der Waals surface area contributed by atoms with Gasteiger partial charge in [-0.2, -0.15) is 0 Å². The number of benzene rings is 1. The fourth-order valence-electron chi connectivity index (χ4n) is 1.34. The lowest BCUT2D eigenvalue weighted by atomic mass is 10.4. The highest BCUT2D eigenvalue weighted by Crippen LogP contribution is 2.25. The van der Waals surface area contributed by atoms with Crippen molar-refractivity contribution in [2.45, 2.75) is 11.4 Å². The van der Waals surface area contributed by atoms with Crippen LogP contribution in [0, 0.1) is 0 Å². The van der Waals surface area contributed by atoms with Crippen molar-refractivity contribution in [2.24, 2.45) is 0 Å². The predicted octanol–water partition coefficient (Wildman–Crippen LogP) is 3.53. The van der Waals surface area contributed by atoms with Crippen LogP contribution in [0.3, 0.4) is 0 Å². The zero-order chi connectivity index (χ0) is 13.2. The van der Waals surface area contributed by atoms with Crippen LogP contribution in [-0.2, 0) is 16.6 Å². The van der Waals surface area contributed by atoms with Crippen molar-refractivity contribution in [3.63, 3.8) is 0 Å².